The minimum Gasteiger partial charge on any atom is -0.450 e. The third-order valence-corrected chi connectivity index (χ3v) is 2.93. The molecule has 1 aromatic carbocycles. The summed E-state index contributed by atoms with van der Waals surface area (Å²) < 4.78 is 4.63. The molecular weight excluding hydrogens is 320 g/mol. The van der Waals surface area contributed by atoms with Crippen LogP contribution in [0.1, 0.15) is 6.92 Å². The van der Waals surface area contributed by atoms with Gasteiger partial charge in [-0.1, -0.05) is 11.6 Å². The van der Waals surface area contributed by atoms with Crippen LogP contribution in [0, 0.1) is 10.1 Å². The molecule has 10 nitrogen and oxygen atoms in total. The van der Waals surface area contributed by atoms with Gasteiger partial charge in [-0.2, -0.15) is 0 Å². The Labute approximate surface area is 126 Å². The van der Waals surface area contributed by atoms with E-state index in [9.17, 15) is 24.5 Å². The number of anilines is 1. The molecule has 0 atom stereocenters. The smallest absolute Gasteiger partial charge is 0.411 e. The molecule has 0 aliphatic heterocycles. The largest absolute Gasteiger partial charge is 0.450 e. The molecule has 0 aliphatic carbocycles. The van der Waals surface area contributed by atoms with Crippen LogP contribution in [0.5, 0.6) is 0 Å². The number of carbonyl (C=O) groups is 1. The first-order valence-corrected chi connectivity index (χ1v) is 6.30. The zero-order chi connectivity index (χ0) is 16.4. The van der Waals surface area contributed by atoms with Crippen molar-refractivity contribution in [2.24, 2.45) is 0 Å². The van der Waals surface area contributed by atoms with E-state index in [-0.39, 0.29) is 28.4 Å². The van der Waals surface area contributed by atoms with Gasteiger partial charge in [-0.05, 0) is 13.0 Å². The van der Waals surface area contributed by atoms with Crippen molar-refractivity contribution >= 4 is 40.1 Å². The summed E-state index contributed by atoms with van der Waals surface area (Å²) in [5, 5.41) is 13.2. The highest BCUT2D eigenvalue weighted by Crippen LogP contribution is 2.37. The first-order chi connectivity index (χ1) is 10.3. The molecule has 0 radical (unpaired) electrons. The van der Waals surface area contributed by atoms with Crippen LogP contribution >= 0.6 is 11.6 Å². The van der Waals surface area contributed by atoms with Gasteiger partial charge in [-0.15, -0.1) is 0 Å². The Morgan fingerprint density at radius 3 is 2.64 bits per heavy atom. The number of rotatable bonds is 3. The number of hydrogen-bond donors (Lipinski definition) is 3. The minimum absolute atomic E-state index is 0.0456. The summed E-state index contributed by atoms with van der Waals surface area (Å²) in [6.07, 6.45) is -0.946. The molecular formula is C11H9ClN4O6. The van der Waals surface area contributed by atoms with Gasteiger partial charge in [0.05, 0.1) is 22.1 Å². The van der Waals surface area contributed by atoms with Gasteiger partial charge >= 0.3 is 22.9 Å². The molecule has 0 fully saturated rings. The van der Waals surface area contributed by atoms with Crippen molar-refractivity contribution in [1.82, 2.24) is 9.97 Å². The second-order valence-electron chi connectivity index (χ2n) is 4.02. The Hall–Kier alpha value is -2.88. The molecule has 1 amide bonds. The molecule has 2 aromatic rings. The Balaban J connectivity index is 2.78. The predicted octanol–water partition coefficient (Wildman–Crippen LogP) is 1.35. The number of H-pyrrole nitrogens is 2. The number of nitro benzene ring substituents is 1. The summed E-state index contributed by atoms with van der Waals surface area (Å²) in [5.74, 6) is 0. The summed E-state index contributed by atoms with van der Waals surface area (Å²) >= 11 is 5.90. The quantitative estimate of drug-likeness (QED) is 0.440. The second-order valence-corrected chi connectivity index (χ2v) is 4.42. The summed E-state index contributed by atoms with van der Waals surface area (Å²) in [7, 11) is 0. The van der Waals surface area contributed by atoms with Gasteiger partial charge in [0.15, 0.2) is 0 Å². The fraction of sp³-hybridized carbons (Fsp3) is 0.182. The molecule has 0 unspecified atom stereocenters. The number of nitrogens with one attached hydrogen (secondary N) is 3. The maximum atomic E-state index is 11.5. The molecule has 3 N–H and O–H groups in total. The predicted molar refractivity (Wildman–Crippen MR) is 77.5 cm³/mol. The summed E-state index contributed by atoms with van der Waals surface area (Å²) in [4.78, 5) is 48.8. The number of carbonyl (C=O) groups excluding carboxylic acids is 1. The van der Waals surface area contributed by atoms with Gasteiger partial charge < -0.3 is 14.7 Å². The minimum atomic E-state index is -1.07. The Kier molecular flexibility index (Phi) is 4.13. The lowest BCUT2D eigenvalue weighted by molar-refractivity contribution is -0.382. The third kappa shape index (κ3) is 2.76. The van der Waals surface area contributed by atoms with E-state index in [0.29, 0.717) is 0 Å². The van der Waals surface area contributed by atoms with Gasteiger partial charge in [-0.25, -0.2) is 4.79 Å². The monoisotopic (exact) mass is 328 g/mol. The van der Waals surface area contributed by atoms with E-state index in [1.54, 1.807) is 6.92 Å². The zero-order valence-electron chi connectivity index (χ0n) is 11.1. The van der Waals surface area contributed by atoms with E-state index in [0.717, 1.165) is 0 Å². The topological polar surface area (TPSA) is 147 Å². The lowest BCUT2D eigenvalue weighted by Gasteiger charge is -2.09. The highest BCUT2D eigenvalue weighted by atomic mass is 35.5. The van der Waals surface area contributed by atoms with Crippen molar-refractivity contribution in [3.8, 4) is 0 Å². The van der Waals surface area contributed by atoms with Crippen molar-refractivity contribution in [2.45, 2.75) is 6.92 Å². The van der Waals surface area contributed by atoms with Crippen molar-refractivity contribution in [3.05, 3.63) is 41.9 Å². The number of fused-ring (bicyclic) bond motifs is 1. The molecule has 1 heterocycles. The van der Waals surface area contributed by atoms with Crippen molar-refractivity contribution < 1.29 is 14.5 Å². The van der Waals surface area contributed by atoms with E-state index in [1.165, 1.54) is 6.07 Å². The van der Waals surface area contributed by atoms with Crippen molar-refractivity contribution in [2.75, 3.05) is 11.9 Å². The van der Waals surface area contributed by atoms with E-state index >= 15 is 0 Å². The molecule has 2 rings (SSSR count). The molecule has 0 spiro atoms. The molecule has 0 bridgehead atoms. The van der Waals surface area contributed by atoms with E-state index in [4.69, 9.17) is 11.6 Å². The number of benzene rings is 1. The number of nitrogens with zero attached hydrogens (tertiary/aromatic N) is 1. The van der Waals surface area contributed by atoms with Gasteiger partial charge in [-0.3, -0.25) is 25.0 Å². The molecule has 116 valence electrons. The van der Waals surface area contributed by atoms with Crippen LogP contribution in [-0.4, -0.2) is 27.6 Å². The Morgan fingerprint density at radius 1 is 1.41 bits per heavy atom. The highest BCUT2D eigenvalue weighted by Gasteiger charge is 2.25. The maximum absolute atomic E-state index is 11.5. The maximum Gasteiger partial charge on any atom is 0.411 e. The van der Waals surface area contributed by atoms with Gasteiger partial charge in [0.2, 0.25) is 0 Å². The van der Waals surface area contributed by atoms with Crippen LogP contribution < -0.4 is 16.4 Å². The number of aromatic amines is 2. The summed E-state index contributed by atoms with van der Waals surface area (Å²) in [6.45, 7) is 1.60. The van der Waals surface area contributed by atoms with Crippen LogP contribution in [0.2, 0.25) is 5.02 Å². The molecule has 0 saturated heterocycles. The fourth-order valence-corrected chi connectivity index (χ4v) is 2.03. The Morgan fingerprint density at radius 2 is 2.05 bits per heavy atom. The molecule has 0 aliphatic rings. The van der Waals surface area contributed by atoms with E-state index in [1.807, 2.05) is 0 Å². The van der Waals surface area contributed by atoms with Crippen LogP contribution in [0.4, 0.5) is 16.2 Å². The first-order valence-electron chi connectivity index (χ1n) is 5.92. The van der Waals surface area contributed by atoms with Gasteiger partial charge in [0.25, 0.3) is 0 Å². The average molecular weight is 329 g/mol. The molecule has 1 aromatic heterocycles. The Bertz CT molecular complexity index is 887. The van der Waals surface area contributed by atoms with Crippen LogP contribution in [0.25, 0.3) is 11.0 Å². The summed E-state index contributed by atoms with van der Waals surface area (Å²) in [5.41, 5.74) is -3.38. The third-order valence-electron chi connectivity index (χ3n) is 2.63. The van der Waals surface area contributed by atoms with Crippen LogP contribution in [0.15, 0.2) is 15.7 Å². The van der Waals surface area contributed by atoms with E-state index in [2.05, 4.69) is 20.0 Å². The molecule has 0 saturated carbocycles. The lowest BCUT2D eigenvalue weighted by Crippen LogP contribution is -2.29. The second kappa shape index (κ2) is 5.85. The normalized spacial score (nSPS) is 10.5. The van der Waals surface area contributed by atoms with Gasteiger partial charge in [0.1, 0.15) is 11.2 Å². The van der Waals surface area contributed by atoms with E-state index < -0.39 is 27.8 Å². The van der Waals surface area contributed by atoms with Crippen LogP contribution in [0.3, 0.4) is 0 Å². The SMILES string of the molecule is CCOC(=O)Nc1c(Cl)cc2[nH]c(=O)c(=O)[nH]c2c1[N+](=O)[O-]. The number of aromatic nitrogens is 2. The molecule has 11 heteroatoms. The number of nitro groups is 1. The number of ether oxygens (including phenoxy) is 1. The zero-order valence-corrected chi connectivity index (χ0v) is 11.8. The number of hydrogen-bond acceptors (Lipinski definition) is 6. The van der Waals surface area contributed by atoms with Crippen LogP contribution in [-0.2, 0) is 4.74 Å². The summed E-state index contributed by atoms with van der Waals surface area (Å²) in [6, 6.07) is 1.17. The number of amides is 1. The molecule has 22 heavy (non-hydrogen) atoms. The number of halogens is 1. The van der Waals surface area contributed by atoms with Crippen molar-refractivity contribution in [1.29, 1.82) is 0 Å². The van der Waals surface area contributed by atoms with Crippen molar-refractivity contribution in [3.63, 3.8) is 0 Å². The first kappa shape index (κ1) is 15.5. The lowest BCUT2D eigenvalue weighted by atomic mass is 10.2. The highest BCUT2D eigenvalue weighted by molar-refractivity contribution is 6.35. The average Bonchev–Trinajstić information content (AvgIpc) is 2.42. The van der Waals surface area contributed by atoms with Gasteiger partial charge in [0, 0.05) is 0 Å². The fourth-order valence-electron chi connectivity index (χ4n) is 1.78. The standard InChI is InChI=1S/C11H9ClN4O6/c1-2-22-11(19)15-6-4(12)3-5-7(8(6)16(20)21)14-10(18)9(17)13-5/h3H,2H2,1H3,(H,13,17)(H,14,18)(H,15,19).